The van der Waals surface area contributed by atoms with E-state index in [9.17, 15) is 20.4 Å². The van der Waals surface area contributed by atoms with E-state index in [0.717, 1.165) is 78.3 Å². The minimum absolute atomic E-state index is 0.134. The molecule has 0 aliphatic heterocycles. The van der Waals surface area contributed by atoms with Crippen molar-refractivity contribution in [1.82, 2.24) is 0 Å². The van der Waals surface area contributed by atoms with Gasteiger partial charge in [0.05, 0.1) is 0 Å². The van der Waals surface area contributed by atoms with Gasteiger partial charge in [-0.3, -0.25) is 0 Å². The SMILES string of the molecule is Cc1cc(C(c2ccc(N(c3cc(C)c(O)c(C)c3)c3cc(C)c(O)c(C)c3)cc2)c2cc(C)c(O)c(C)c2)cc(C)c1O. The number of aromatic hydroxyl groups is 4. The molecule has 0 unspecified atom stereocenters. The normalized spacial score (nSPS) is 11.3. The van der Waals surface area contributed by atoms with Crippen molar-refractivity contribution in [3.8, 4) is 23.0 Å². The Hall–Kier alpha value is -4.90. The number of hydrogen-bond donors (Lipinski definition) is 4. The van der Waals surface area contributed by atoms with Crippen molar-refractivity contribution >= 4 is 17.1 Å². The molecule has 0 saturated heterocycles. The molecule has 0 aliphatic carbocycles. The van der Waals surface area contributed by atoms with Crippen LogP contribution in [-0.2, 0) is 0 Å². The van der Waals surface area contributed by atoms with Gasteiger partial charge in [-0.2, -0.15) is 0 Å². The van der Waals surface area contributed by atoms with Gasteiger partial charge in [0.25, 0.3) is 0 Å². The molecule has 0 bridgehead atoms. The molecule has 0 heterocycles. The summed E-state index contributed by atoms with van der Waals surface area (Å²) in [5, 5.41) is 42.1. The van der Waals surface area contributed by atoms with Gasteiger partial charge < -0.3 is 25.3 Å². The summed E-state index contributed by atoms with van der Waals surface area (Å²) in [6, 6.07) is 24.5. The van der Waals surface area contributed by atoms with Crippen molar-refractivity contribution in [2.24, 2.45) is 0 Å². The lowest BCUT2D eigenvalue weighted by atomic mass is 9.82. The van der Waals surface area contributed by atoms with E-state index in [0.29, 0.717) is 11.5 Å². The third-order valence-electron chi connectivity index (χ3n) is 8.65. The highest BCUT2D eigenvalue weighted by atomic mass is 16.3. The summed E-state index contributed by atoms with van der Waals surface area (Å²) in [5.41, 5.74) is 12.3. The molecule has 0 fully saturated rings. The fourth-order valence-corrected chi connectivity index (χ4v) is 6.28. The Morgan fingerprint density at radius 1 is 0.364 bits per heavy atom. The Kier molecular flexibility index (Phi) is 8.09. The minimum Gasteiger partial charge on any atom is -0.507 e. The van der Waals surface area contributed by atoms with Gasteiger partial charge in [-0.15, -0.1) is 0 Å². The lowest BCUT2D eigenvalue weighted by molar-refractivity contribution is 0.466. The summed E-state index contributed by atoms with van der Waals surface area (Å²) < 4.78 is 0. The van der Waals surface area contributed by atoms with Gasteiger partial charge in [0.1, 0.15) is 23.0 Å². The second kappa shape index (κ2) is 11.6. The standard InChI is InChI=1S/C39H41NO4/c1-21-13-30(14-22(2)36(21)41)35(31-15-23(3)37(42)24(4)16-31)29-9-11-32(12-10-29)40(33-17-25(5)38(43)26(6)18-33)34-19-27(7)39(44)28(8)20-34/h9-20,35,41-44H,1-8H3. The quantitative estimate of drug-likeness (QED) is 0.149. The maximum Gasteiger partial charge on any atom is 0.121 e. The molecule has 0 radical (unpaired) electrons. The van der Waals surface area contributed by atoms with Crippen molar-refractivity contribution in [1.29, 1.82) is 0 Å². The van der Waals surface area contributed by atoms with Crippen LogP contribution in [0.4, 0.5) is 17.1 Å². The van der Waals surface area contributed by atoms with Gasteiger partial charge in [-0.25, -0.2) is 0 Å². The number of nitrogens with zero attached hydrogens (tertiary/aromatic N) is 1. The molecule has 5 aromatic carbocycles. The first-order chi connectivity index (χ1) is 20.8. The zero-order valence-electron chi connectivity index (χ0n) is 26.7. The molecule has 44 heavy (non-hydrogen) atoms. The molecule has 5 aromatic rings. The monoisotopic (exact) mass is 587 g/mol. The van der Waals surface area contributed by atoms with Crippen LogP contribution in [0.3, 0.4) is 0 Å². The van der Waals surface area contributed by atoms with Crippen LogP contribution in [-0.4, -0.2) is 20.4 Å². The summed E-state index contributed by atoms with van der Waals surface area (Å²) in [6.07, 6.45) is 0. The molecular formula is C39H41NO4. The largest absolute Gasteiger partial charge is 0.507 e. The van der Waals surface area contributed by atoms with E-state index < -0.39 is 0 Å². The summed E-state index contributed by atoms with van der Waals surface area (Å²) >= 11 is 0. The molecule has 5 nitrogen and oxygen atoms in total. The zero-order valence-corrected chi connectivity index (χ0v) is 26.7. The maximum absolute atomic E-state index is 10.5. The number of anilines is 3. The van der Waals surface area contributed by atoms with Crippen molar-refractivity contribution in [2.75, 3.05) is 4.90 Å². The first-order valence-corrected chi connectivity index (χ1v) is 14.9. The summed E-state index contributed by atoms with van der Waals surface area (Å²) in [7, 11) is 0. The molecule has 226 valence electrons. The number of aryl methyl sites for hydroxylation is 8. The van der Waals surface area contributed by atoms with Crippen LogP contribution in [0, 0.1) is 55.4 Å². The van der Waals surface area contributed by atoms with Crippen molar-refractivity contribution in [2.45, 2.75) is 61.3 Å². The number of hydrogen-bond acceptors (Lipinski definition) is 5. The van der Waals surface area contributed by atoms with E-state index in [2.05, 4.69) is 29.2 Å². The summed E-state index contributed by atoms with van der Waals surface area (Å²) in [6.45, 7) is 15.3. The fourth-order valence-electron chi connectivity index (χ4n) is 6.28. The second-order valence-corrected chi connectivity index (χ2v) is 12.2. The fraction of sp³-hybridized carbons (Fsp3) is 0.231. The Labute approximate surface area is 260 Å². The molecule has 0 spiro atoms. The predicted octanol–water partition coefficient (Wildman–Crippen LogP) is 9.63. The summed E-state index contributed by atoms with van der Waals surface area (Å²) in [5.74, 6) is 1.03. The predicted molar refractivity (Wildman–Crippen MR) is 180 cm³/mol. The zero-order chi connectivity index (χ0) is 32.0. The maximum atomic E-state index is 10.5. The minimum atomic E-state index is -0.134. The lowest BCUT2D eigenvalue weighted by Gasteiger charge is -2.28. The Bertz CT molecular complexity index is 1540. The third kappa shape index (κ3) is 5.58. The van der Waals surface area contributed by atoms with Crippen molar-refractivity contribution < 1.29 is 20.4 Å². The van der Waals surface area contributed by atoms with E-state index in [4.69, 9.17) is 0 Å². The average Bonchev–Trinajstić information content (AvgIpc) is 2.97. The van der Waals surface area contributed by atoms with Crippen molar-refractivity contribution in [3.05, 3.63) is 134 Å². The highest BCUT2D eigenvalue weighted by Crippen LogP contribution is 2.42. The van der Waals surface area contributed by atoms with E-state index in [1.165, 1.54) is 0 Å². The third-order valence-corrected chi connectivity index (χ3v) is 8.65. The van der Waals surface area contributed by atoms with Crippen LogP contribution in [0.5, 0.6) is 23.0 Å². The second-order valence-electron chi connectivity index (χ2n) is 12.2. The highest BCUT2D eigenvalue weighted by molar-refractivity contribution is 5.79. The number of phenols is 4. The highest BCUT2D eigenvalue weighted by Gasteiger charge is 2.22. The Balaban J connectivity index is 1.70. The van der Waals surface area contributed by atoms with E-state index >= 15 is 0 Å². The van der Waals surface area contributed by atoms with E-state index in [1.54, 1.807) is 0 Å². The molecule has 5 heteroatoms. The first kappa shape index (κ1) is 30.6. The Morgan fingerprint density at radius 2 is 0.636 bits per heavy atom. The Morgan fingerprint density at radius 3 is 0.932 bits per heavy atom. The average molecular weight is 588 g/mol. The van der Waals surface area contributed by atoms with Crippen LogP contribution in [0.25, 0.3) is 0 Å². The van der Waals surface area contributed by atoms with Crippen LogP contribution < -0.4 is 4.90 Å². The van der Waals surface area contributed by atoms with E-state index in [-0.39, 0.29) is 17.4 Å². The molecule has 0 atom stereocenters. The van der Waals surface area contributed by atoms with Crippen LogP contribution in [0.1, 0.15) is 67.1 Å². The van der Waals surface area contributed by atoms with Gasteiger partial charge in [-0.1, -0.05) is 36.4 Å². The first-order valence-electron chi connectivity index (χ1n) is 14.9. The summed E-state index contributed by atoms with van der Waals surface area (Å²) in [4.78, 5) is 2.14. The molecule has 0 aromatic heterocycles. The van der Waals surface area contributed by atoms with Gasteiger partial charge in [0.15, 0.2) is 0 Å². The van der Waals surface area contributed by atoms with Crippen LogP contribution >= 0.6 is 0 Å². The topological polar surface area (TPSA) is 84.2 Å². The van der Waals surface area contributed by atoms with Gasteiger partial charge in [0, 0.05) is 23.0 Å². The van der Waals surface area contributed by atoms with Gasteiger partial charge in [-0.05, 0) is 153 Å². The molecule has 0 aliphatic rings. The molecule has 4 N–H and O–H groups in total. The van der Waals surface area contributed by atoms with E-state index in [1.807, 2.05) is 104 Å². The lowest BCUT2D eigenvalue weighted by Crippen LogP contribution is -2.12. The van der Waals surface area contributed by atoms with Crippen LogP contribution in [0.2, 0.25) is 0 Å². The van der Waals surface area contributed by atoms with Gasteiger partial charge in [0.2, 0.25) is 0 Å². The smallest absolute Gasteiger partial charge is 0.121 e. The van der Waals surface area contributed by atoms with Gasteiger partial charge >= 0.3 is 0 Å². The molecule has 0 saturated carbocycles. The molecule has 5 rings (SSSR count). The molecule has 0 amide bonds. The molecular weight excluding hydrogens is 546 g/mol. The number of rotatable bonds is 6. The number of phenolic OH excluding ortho intramolecular Hbond substituents is 4. The van der Waals surface area contributed by atoms with Crippen LogP contribution in [0.15, 0.2) is 72.8 Å². The van der Waals surface area contributed by atoms with Crippen molar-refractivity contribution in [3.63, 3.8) is 0 Å². The number of benzene rings is 5.